The van der Waals surface area contributed by atoms with Gasteiger partial charge in [0.05, 0.1) is 18.9 Å². The van der Waals surface area contributed by atoms with Gasteiger partial charge in [0.15, 0.2) is 5.96 Å². The quantitative estimate of drug-likeness (QED) is 0.0299. The van der Waals surface area contributed by atoms with E-state index in [9.17, 15) is 43.5 Å². The van der Waals surface area contributed by atoms with Gasteiger partial charge in [0, 0.05) is 13.0 Å². The maximum Gasteiger partial charge on any atom is 0.326 e. The Bertz CT molecular complexity index is 1130. The van der Waals surface area contributed by atoms with Gasteiger partial charge in [-0.25, -0.2) is 4.79 Å². The zero-order valence-electron chi connectivity index (χ0n) is 25.2. The summed E-state index contributed by atoms with van der Waals surface area (Å²) in [5, 5.41) is 18.8. The molecule has 17 N–H and O–H groups in total. The lowest BCUT2D eigenvalue weighted by molar-refractivity contribution is -0.144. The summed E-state index contributed by atoms with van der Waals surface area (Å²) in [5.74, 6) is -8.72. The summed E-state index contributed by atoms with van der Waals surface area (Å²) in [6, 6.07) is -7.31. The average Bonchev–Trinajstić information content (AvgIpc) is 2.93. The Balaban J connectivity index is 6.17. The number of nitrogens with zero attached hydrogens (tertiary/aromatic N) is 1. The first-order chi connectivity index (χ1) is 20.9. The lowest BCUT2D eigenvalue weighted by atomic mass is 9.98. The van der Waals surface area contributed by atoms with E-state index in [0.29, 0.717) is 6.42 Å². The Hall–Kier alpha value is -5.01. The van der Waals surface area contributed by atoms with Crippen LogP contribution in [-0.4, -0.2) is 95.1 Å². The van der Waals surface area contributed by atoms with E-state index in [1.165, 1.54) is 0 Å². The van der Waals surface area contributed by atoms with E-state index in [1.807, 2.05) is 0 Å². The minimum absolute atomic E-state index is 0.0200. The standard InChI is InChI=1S/C25H45N11O9/c1-3-11(2)19(24(44)45)36-22(42)14(6-7-16(27)37)34-21(41)13(5-4-8-32-25(30)31)33-23(43)15(10-18(29)39)35-20(40)12(26)9-17(28)38/h11-15,19H,3-10,26H2,1-2H3,(H2,27,37)(H2,28,38)(H2,29,39)(H,33,43)(H,34,41)(H,35,40)(H,36,42)(H,44,45)(H4,30,31,32)/t11-,12-,13-,14-,15-,19-/m0/s1. The number of hydrogen-bond acceptors (Lipinski definition) is 10. The molecule has 0 heterocycles. The molecule has 254 valence electrons. The van der Waals surface area contributed by atoms with Crippen molar-refractivity contribution in [2.45, 2.75) is 89.0 Å². The minimum atomic E-state index is -1.64. The molecule has 0 saturated carbocycles. The summed E-state index contributed by atoms with van der Waals surface area (Å²) in [7, 11) is 0. The first kappa shape index (κ1) is 40.0. The van der Waals surface area contributed by atoms with Gasteiger partial charge >= 0.3 is 5.97 Å². The smallest absolute Gasteiger partial charge is 0.326 e. The molecule has 0 unspecified atom stereocenters. The van der Waals surface area contributed by atoms with Gasteiger partial charge in [-0.1, -0.05) is 20.3 Å². The first-order valence-electron chi connectivity index (χ1n) is 14.0. The molecule has 0 bridgehead atoms. The monoisotopic (exact) mass is 643 g/mol. The number of nitrogens with two attached hydrogens (primary N) is 6. The molecule has 20 heteroatoms. The summed E-state index contributed by atoms with van der Waals surface area (Å²) < 4.78 is 0. The van der Waals surface area contributed by atoms with Gasteiger partial charge in [0.25, 0.3) is 0 Å². The predicted molar refractivity (Wildman–Crippen MR) is 159 cm³/mol. The number of nitrogens with one attached hydrogen (secondary N) is 4. The number of aliphatic carboxylic acids is 1. The topological polar surface area (TPSA) is 373 Å². The number of carbonyl (C=O) groups is 8. The van der Waals surface area contributed by atoms with Crippen LogP contribution in [0.25, 0.3) is 0 Å². The SMILES string of the molecule is CC[C@H](C)[C@H](NC(=O)[C@H](CCC(N)=O)NC(=O)[C@H](CCCN=C(N)N)NC(=O)[C@H](CC(N)=O)NC(=O)[C@@H](N)CC(N)=O)C(=O)O. The molecule has 0 aromatic heterocycles. The highest BCUT2D eigenvalue weighted by molar-refractivity contribution is 5.97. The van der Waals surface area contributed by atoms with Crippen molar-refractivity contribution >= 4 is 53.3 Å². The van der Waals surface area contributed by atoms with Crippen LogP contribution in [0.2, 0.25) is 0 Å². The van der Waals surface area contributed by atoms with Crippen molar-refractivity contribution in [3.8, 4) is 0 Å². The third-order valence-electron chi connectivity index (χ3n) is 6.46. The maximum absolute atomic E-state index is 13.4. The van der Waals surface area contributed by atoms with Crippen molar-refractivity contribution in [2.75, 3.05) is 6.54 Å². The molecular formula is C25H45N11O9. The van der Waals surface area contributed by atoms with Crippen LogP contribution in [-0.2, 0) is 38.4 Å². The van der Waals surface area contributed by atoms with E-state index in [0.717, 1.165) is 0 Å². The molecule has 0 rings (SSSR count). The lowest BCUT2D eigenvalue weighted by Crippen LogP contribution is -2.59. The van der Waals surface area contributed by atoms with Crippen LogP contribution in [0.15, 0.2) is 4.99 Å². The van der Waals surface area contributed by atoms with Gasteiger partial charge in [-0.3, -0.25) is 38.6 Å². The van der Waals surface area contributed by atoms with E-state index < -0.39 is 96.3 Å². The number of carboxylic acids is 1. The molecule has 0 aliphatic rings. The number of hydrogen-bond donors (Lipinski definition) is 11. The highest BCUT2D eigenvalue weighted by Crippen LogP contribution is 2.10. The largest absolute Gasteiger partial charge is 0.480 e. The van der Waals surface area contributed by atoms with Crippen LogP contribution in [0.5, 0.6) is 0 Å². The molecule has 0 aromatic rings. The third-order valence-corrected chi connectivity index (χ3v) is 6.46. The first-order valence-corrected chi connectivity index (χ1v) is 14.0. The number of guanidine groups is 1. The zero-order chi connectivity index (χ0) is 34.9. The van der Waals surface area contributed by atoms with Crippen LogP contribution in [0.4, 0.5) is 0 Å². The molecule has 0 aromatic carbocycles. The molecule has 0 fully saturated rings. The number of aliphatic imine (C=N–C) groups is 1. The summed E-state index contributed by atoms with van der Waals surface area (Å²) in [4.78, 5) is 102. The number of carbonyl (C=O) groups excluding carboxylic acids is 7. The number of rotatable bonds is 22. The van der Waals surface area contributed by atoms with E-state index in [1.54, 1.807) is 13.8 Å². The second-order valence-corrected chi connectivity index (χ2v) is 10.3. The number of amides is 7. The molecule has 45 heavy (non-hydrogen) atoms. The Morgan fingerprint density at radius 1 is 0.689 bits per heavy atom. The van der Waals surface area contributed by atoms with E-state index in [-0.39, 0.29) is 38.2 Å². The molecule has 0 saturated heterocycles. The second-order valence-electron chi connectivity index (χ2n) is 10.3. The fraction of sp³-hybridized carbons (Fsp3) is 0.640. The summed E-state index contributed by atoms with van der Waals surface area (Å²) in [5.41, 5.74) is 31.7. The van der Waals surface area contributed by atoms with Crippen molar-refractivity contribution < 1.29 is 43.5 Å². The Morgan fingerprint density at radius 3 is 1.64 bits per heavy atom. The normalized spacial score (nSPS) is 14.6. The Labute approximate surface area is 259 Å². The molecule has 0 aliphatic heterocycles. The predicted octanol–water partition coefficient (Wildman–Crippen LogP) is -5.55. The molecule has 0 aliphatic carbocycles. The lowest BCUT2D eigenvalue weighted by Gasteiger charge is -2.27. The molecular weight excluding hydrogens is 598 g/mol. The molecule has 20 nitrogen and oxygen atoms in total. The van der Waals surface area contributed by atoms with E-state index in [4.69, 9.17) is 34.4 Å². The van der Waals surface area contributed by atoms with Crippen molar-refractivity contribution in [3.05, 3.63) is 0 Å². The van der Waals surface area contributed by atoms with Crippen LogP contribution < -0.4 is 55.7 Å². The van der Waals surface area contributed by atoms with Crippen LogP contribution >= 0.6 is 0 Å². The molecule has 0 spiro atoms. The van der Waals surface area contributed by atoms with E-state index in [2.05, 4.69) is 26.3 Å². The van der Waals surface area contributed by atoms with Crippen LogP contribution in [0, 0.1) is 5.92 Å². The fourth-order valence-electron chi connectivity index (χ4n) is 3.81. The Kier molecular flexibility index (Phi) is 17.8. The van der Waals surface area contributed by atoms with Crippen LogP contribution in [0.1, 0.15) is 58.8 Å². The van der Waals surface area contributed by atoms with Gasteiger partial charge in [0.2, 0.25) is 41.4 Å². The van der Waals surface area contributed by atoms with E-state index >= 15 is 0 Å². The van der Waals surface area contributed by atoms with Gasteiger partial charge in [-0.05, 0) is 25.2 Å². The summed E-state index contributed by atoms with van der Waals surface area (Å²) in [6.45, 7) is 3.33. The van der Waals surface area contributed by atoms with Crippen molar-refractivity contribution in [1.29, 1.82) is 0 Å². The molecule has 7 amide bonds. The van der Waals surface area contributed by atoms with Crippen molar-refractivity contribution in [3.63, 3.8) is 0 Å². The van der Waals surface area contributed by atoms with Crippen molar-refractivity contribution in [2.24, 2.45) is 45.3 Å². The number of carboxylic acid groups (broad SMARTS) is 1. The fourth-order valence-corrected chi connectivity index (χ4v) is 3.81. The third kappa shape index (κ3) is 16.4. The second kappa shape index (κ2) is 20.0. The maximum atomic E-state index is 13.4. The highest BCUT2D eigenvalue weighted by atomic mass is 16.4. The summed E-state index contributed by atoms with van der Waals surface area (Å²) >= 11 is 0. The number of primary amides is 3. The molecule has 6 atom stereocenters. The summed E-state index contributed by atoms with van der Waals surface area (Å²) in [6.07, 6.45) is -1.59. The van der Waals surface area contributed by atoms with Crippen LogP contribution in [0.3, 0.4) is 0 Å². The molecule has 0 radical (unpaired) electrons. The Morgan fingerprint density at radius 2 is 1.18 bits per heavy atom. The minimum Gasteiger partial charge on any atom is -0.480 e. The van der Waals surface area contributed by atoms with Gasteiger partial charge < -0.3 is 60.8 Å². The van der Waals surface area contributed by atoms with Gasteiger partial charge in [0.1, 0.15) is 24.2 Å². The van der Waals surface area contributed by atoms with Gasteiger partial charge in [-0.2, -0.15) is 0 Å². The van der Waals surface area contributed by atoms with Crippen molar-refractivity contribution in [1.82, 2.24) is 21.3 Å². The zero-order valence-corrected chi connectivity index (χ0v) is 25.2. The van der Waals surface area contributed by atoms with Gasteiger partial charge in [-0.15, -0.1) is 0 Å². The highest BCUT2D eigenvalue weighted by Gasteiger charge is 2.33. The average molecular weight is 644 g/mol.